The minimum absolute atomic E-state index is 0.182. The molecule has 36 heavy (non-hydrogen) atoms. The molecule has 1 aromatic rings. The van der Waals surface area contributed by atoms with Crippen LogP contribution in [0.1, 0.15) is 89.0 Å². The van der Waals surface area contributed by atoms with Crippen molar-refractivity contribution in [3.63, 3.8) is 0 Å². The Kier molecular flexibility index (Phi) is 10.3. The summed E-state index contributed by atoms with van der Waals surface area (Å²) in [5.74, 6) is -1.55. The van der Waals surface area contributed by atoms with Crippen molar-refractivity contribution in [1.82, 2.24) is 15.5 Å². The van der Waals surface area contributed by atoms with E-state index in [1.54, 1.807) is 20.8 Å². The molecule has 0 saturated heterocycles. The van der Waals surface area contributed by atoms with Gasteiger partial charge in [-0.3, -0.25) is 14.4 Å². The summed E-state index contributed by atoms with van der Waals surface area (Å²) in [6.45, 7) is 11.5. The summed E-state index contributed by atoms with van der Waals surface area (Å²) >= 11 is 0. The number of nitrogens with two attached hydrogens (primary N) is 1. The molecule has 0 spiro atoms. The van der Waals surface area contributed by atoms with E-state index in [2.05, 4.69) is 17.6 Å². The molecule has 1 aliphatic rings. The van der Waals surface area contributed by atoms with Gasteiger partial charge in [-0.1, -0.05) is 38.0 Å². The number of hydrogen-bond acceptors (Lipinski definition) is 5. The summed E-state index contributed by atoms with van der Waals surface area (Å²) in [7, 11) is 0. The second kappa shape index (κ2) is 12.7. The summed E-state index contributed by atoms with van der Waals surface area (Å²) in [6.07, 6.45) is 3.07. The van der Waals surface area contributed by atoms with Crippen LogP contribution in [-0.4, -0.2) is 52.9 Å². The number of carbonyl (C=O) groups is 4. The Hall–Kier alpha value is -3.10. The van der Waals surface area contributed by atoms with E-state index in [0.717, 1.165) is 48.8 Å². The normalized spacial score (nSPS) is 14.9. The van der Waals surface area contributed by atoms with Crippen LogP contribution in [0.5, 0.6) is 0 Å². The molecular weight excluding hydrogens is 460 g/mol. The molecule has 2 rings (SSSR count). The Bertz CT molecular complexity index is 932. The van der Waals surface area contributed by atoms with Crippen molar-refractivity contribution in [2.45, 2.75) is 104 Å². The van der Waals surface area contributed by atoms with E-state index in [1.807, 2.05) is 32.0 Å². The van der Waals surface area contributed by atoms with Gasteiger partial charge in [0.05, 0.1) is 6.42 Å². The van der Waals surface area contributed by atoms with Gasteiger partial charge in [0.2, 0.25) is 17.7 Å². The van der Waals surface area contributed by atoms with Gasteiger partial charge >= 0.3 is 6.09 Å². The number of nitrogens with one attached hydrogen (secondary N) is 2. The molecule has 1 fully saturated rings. The first kappa shape index (κ1) is 29.1. The molecule has 4 amide bonds. The van der Waals surface area contributed by atoms with Gasteiger partial charge in [0.15, 0.2) is 0 Å². The van der Waals surface area contributed by atoms with Crippen molar-refractivity contribution in [2.75, 3.05) is 6.54 Å². The lowest BCUT2D eigenvalue weighted by Gasteiger charge is -2.35. The van der Waals surface area contributed by atoms with Crippen LogP contribution < -0.4 is 16.4 Å². The Morgan fingerprint density at radius 3 is 2.22 bits per heavy atom. The maximum Gasteiger partial charge on any atom is 0.408 e. The van der Waals surface area contributed by atoms with Crippen molar-refractivity contribution < 1.29 is 23.9 Å². The number of unbranched alkanes of at least 4 members (excludes halogenated alkanes) is 2. The number of aryl methyl sites for hydroxylation is 2. The summed E-state index contributed by atoms with van der Waals surface area (Å²) < 4.78 is 5.31. The standard InChI is InChI=1S/C27H42N4O5/c1-7-8-9-15-29-24(33)23(22-17(2)11-10-12-18(22)3)31(19-13-14-19)25(34)20(16-21(28)32)30-26(35)36-27(4,5)6/h10-12,19-20,23H,7-9,13-16H2,1-6H3,(H2,28,32)(H,29,33)(H,30,35). The maximum absolute atomic E-state index is 13.9. The fourth-order valence-corrected chi connectivity index (χ4v) is 4.24. The Morgan fingerprint density at radius 2 is 1.72 bits per heavy atom. The molecule has 0 aromatic heterocycles. The van der Waals surface area contributed by atoms with Gasteiger partial charge in [-0.25, -0.2) is 4.79 Å². The number of hydrogen-bond donors (Lipinski definition) is 3. The van der Waals surface area contributed by atoms with E-state index < -0.39 is 42.0 Å². The number of carbonyl (C=O) groups excluding carboxylic acids is 4. The van der Waals surface area contributed by atoms with Crippen LogP contribution in [0.15, 0.2) is 18.2 Å². The number of alkyl carbamates (subject to hydrolysis) is 1. The lowest BCUT2D eigenvalue weighted by atomic mass is 9.93. The SMILES string of the molecule is CCCCCNC(=O)C(c1c(C)cccc1C)N(C(=O)C(CC(N)=O)NC(=O)OC(C)(C)C)C1CC1. The summed E-state index contributed by atoms with van der Waals surface area (Å²) in [5, 5.41) is 5.52. The molecule has 9 heteroatoms. The van der Waals surface area contributed by atoms with E-state index in [-0.39, 0.29) is 11.9 Å². The largest absolute Gasteiger partial charge is 0.444 e. The Balaban J connectivity index is 2.46. The fraction of sp³-hybridized carbons (Fsp3) is 0.630. The highest BCUT2D eigenvalue weighted by molar-refractivity contribution is 5.95. The molecule has 0 heterocycles. The van der Waals surface area contributed by atoms with E-state index in [4.69, 9.17) is 10.5 Å². The average Bonchev–Trinajstić information content (AvgIpc) is 3.58. The van der Waals surface area contributed by atoms with E-state index in [0.29, 0.717) is 6.54 Å². The first-order chi connectivity index (χ1) is 16.9. The number of benzene rings is 1. The quantitative estimate of drug-likeness (QED) is 0.377. The van der Waals surface area contributed by atoms with Crippen LogP contribution in [0.4, 0.5) is 4.79 Å². The number of nitrogens with zero attached hydrogens (tertiary/aromatic N) is 1. The molecule has 2 atom stereocenters. The van der Waals surface area contributed by atoms with Crippen LogP contribution in [0, 0.1) is 13.8 Å². The van der Waals surface area contributed by atoms with Gasteiger partial charge in [0.25, 0.3) is 0 Å². The fourth-order valence-electron chi connectivity index (χ4n) is 4.24. The van der Waals surface area contributed by atoms with Crippen molar-refractivity contribution in [2.24, 2.45) is 5.73 Å². The molecule has 0 aliphatic heterocycles. The van der Waals surface area contributed by atoms with Gasteiger partial charge in [-0.15, -0.1) is 0 Å². The molecule has 9 nitrogen and oxygen atoms in total. The molecule has 0 radical (unpaired) electrons. The average molecular weight is 503 g/mol. The number of amides is 4. The molecule has 0 bridgehead atoms. The third kappa shape index (κ3) is 8.53. The van der Waals surface area contributed by atoms with E-state index in [1.165, 1.54) is 4.90 Å². The summed E-state index contributed by atoms with van der Waals surface area (Å²) in [5.41, 5.74) is 7.16. The van der Waals surface area contributed by atoms with Crippen molar-refractivity contribution in [1.29, 1.82) is 0 Å². The summed E-state index contributed by atoms with van der Waals surface area (Å²) in [4.78, 5) is 53.5. The highest BCUT2D eigenvalue weighted by Gasteiger charge is 2.45. The minimum atomic E-state index is -1.25. The molecule has 200 valence electrons. The summed E-state index contributed by atoms with van der Waals surface area (Å²) in [6, 6.07) is 3.40. The third-order valence-corrected chi connectivity index (χ3v) is 6.01. The number of primary amides is 1. The minimum Gasteiger partial charge on any atom is -0.444 e. The lowest BCUT2D eigenvalue weighted by Crippen LogP contribution is -2.55. The molecule has 1 aliphatic carbocycles. The van der Waals surface area contributed by atoms with Crippen LogP contribution >= 0.6 is 0 Å². The molecule has 4 N–H and O–H groups in total. The zero-order valence-electron chi connectivity index (χ0n) is 22.5. The highest BCUT2D eigenvalue weighted by Crippen LogP contribution is 2.37. The second-order valence-electron chi connectivity index (χ2n) is 10.6. The van der Waals surface area contributed by atoms with Crippen molar-refractivity contribution in [3.05, 3.63) is 34.9 Å². The van der Waals surface area contributed by atoms with Crippen molar-refractivity contribution in [3.8, 4) is 0 Å². The molecular formula is C27H42N4O5. The van der Waals surface area contributed by atoms with Gasteiger partial charge in [-0.05, 0) is 70.6 Å². The van der Waals surface area contributed by atoms with Gasteiger partial charge in [0, 0.05) is 12.6 Å². The second-order valence-corrected chi connectivity index (χ2v) is 10.6. The van der Waals surface area contributed by atoms with Crippen LogP contribution in [0.2, 0.25) is 0 Å². The predicted octanol–water partition coefficient (Wildman–Crippen LogP) is 3.41. The van der Waals surface area contributed by atoms with Crippen molar-refractivity contribution >= 4 is 23.8 Å². The smallest absolute Gasteiger partial charge is 0.408 e. The zero-order valence-corrected chi connectivity index (χ0v) is 22.5. The maximum atomic E-state index is 13.9. The third-order valence-electron chi connectivity index (χ3n) is 6.01. The number of rotatable bonds is 12. The van der Waals surface area contributed by atoms with Gasteiger partial charge < -0.3 is 26.0 Å². The van der Waals surface area contributed by atoms with E-state index in [9.17, 15) is 19.2 Å². The number of ether oxygens (including phenoxy) is 1. The van der Waals surface area contributed by atoms with Crippen LogP contribution in [0.25, 0.3) is 0 Å². The zero-order chi connectivity index (χ0) is 27.0. The first-order valence-electron chi connectivity index (χ1n) is 12.8. The Morgan fingerprint density at radius 1 is 1.11 bits per heavy atom. The predicted molar refractivity (Wildman–Crippen MR) is 138 cm³/mol. The lowest BCUT2D eigenvalue weighted by molar-refractivity contribution is -0.144. The van der Waals surface area contributed by atoms with Gasteiger partial charge in [0.1, 0.15) is 17.7 Å². The molecule has 1 saturated carbocycles. The van der Waals surface area contributed by atoms with E-state index >= 15 is 0 Å². The topological polar surface area (TPSA) is 131 Å². The Labute approximate surface area is 214 Å². The van der Waals surface area contributed by atoms with Gasteiger partial charge in [-0.2, -0.15) is 0 Å². The highest BCUT2D eigenvalue weighted by atomic mass is 16.6. The molecule has 1 aromatic carbocycles. The monoisotopic (exact) mass is 502 g/mol. The first-order valence-corrected chi connectivity index (χ1v) is 12.8. The molecule has 2 unspecified atom stereocenters. The van der Waals surface area contributed by atoms with Crippen LogP contribution in [-0.2, 0) is 19.1 Å². The van der Waals surface area contributed by atoms with Crippen LogP contribution in [0.3, 0.4) is 0 Å².